The van der Waals surface area contributed by atoms with E-state index in [4.69, 9.17) is 4.74 Å². The molecule has 0 bridgehead atoms. The van der Waals surface area contributed by atoms with Gasteiger partial charge in [-0.25, -0.2) is 9.69 Å². The molecule has 34 heavy (non-hydrogen) atoms. The quantitative estimate of drug-likeness (QED) is 0.500. The number of nitrogens with zero attached hydrogens (tertiary/aromatic N) is 2. The van der Waals surface area contributed by atoms with E-state index in [1.807, 2.05) is 6.26 Å². The molecule has 2 aromatic carbocycles. The maximum Gasteiger partial charge on any atom is 0.416 e. The molecule has 2 aliphatic heterocycles. The molecule has 2 saturated heterocycles. The van der Waals surface area contributed by atoms with Crippen LogP contribution in [0, 0.1) is 0 Å². The number of urea groups is 1. The molecule has 2 aliphatic rings. The number of amides is 4. The van der Waals surface area contributed by atoms with Crippen LogP contribution in [0.4, 0.5) is 23.7 Å². The lowest BCUT2D eigenvalue weighted by Gasteiger charge is -2.32. The Hall–Kier alpha value is -3.21. The van der Waals surface area contributed by atoms with Crippen molar-refractivity contribution in [3.63, 3.8) is 0 Å². The summed E-state index contributed by atoms with van der Waals surface area (Å²) < 4.78 is 44.6. The number of nitrogens with one attached hydrogen (secondary N) is 1. The highest BCUT2D eigenvalue weighted by Crippen LogP contribution is 2.35. The van der Waals surface area contributed by atoms with E-state index in [2.05, 4.69) is 5.32 Å². The molecule has 180 valence electrons. The number of alkyl halides is 3. The van der Waals surface area contributed by atoms with E-state index in [1.165, 1.54) is 29.8 Å². The molecule has 2 heterocycles. The number of ether oxygens (including phenoxy) is 1. The number of imide groups is 1. The van der Waals surface area contributed by atoms with Gasteiger partial charge in [0, 0.05) is 17.5 Å². The standard InChI is InChI=1S/C23H22F3N3O4S/c1-33-19-12-16(34-2)6-7-17(19)20(30)27-14-8-9-28-18(11-14)21(31)29(22(28)32)15-5-3-4-13(10-15)23(24,25)26/h3-7,10,12,14,18H,8-9,11H2,1-2H3,(H,27,30). The van der Waals surface area contributed by atoms with Crippen LogP contribution in [-0.4, -0.2) is 54.7 Å². The van der Waals surface area contributed by atoms with E-state index in [0.717, 1.165) is 28.0 Å². The molecule has 0 radical (unpaired) electrons. The molecule has 2 fully saturated rings. The van der Waals surface area contributed by atoms with Crippen LogP contribution in [0.2, 0.25) is 0 Å². The average molecular weight is 494 g/mol. The molecular weight excluding hydrogens is 471 g/mol. The van der Waals surface area contributed by atoms with Crippen LogP contribution in [-0.2, 0) is 11.0 Å². The number of carbonyl (C=O) groups excluding carboxylic acids is 3. The smallest absolute Gasteiger partial charge is 0.416 e. The topological polar surface area (TPSA) is 79.0 Å². The number of methoxy groups -OCH3 is 1. The van der Waals surface area contributed by atoms with Crippen molar-refractivity contribution in [2.45, 2.75) is 36.0 Å². The summed E-state index contributed by atoms with van der Waals surface area (Å²) in [5, 5.41) is 2.90. The second-order valence-corrected chi connectivity index (χ2v) is 8.85. The first kappa shape index (κ1) is 23.9. The number of thioether (sulfide) groups is 1. The third-order valence-corrected chi connectivity index (χ3v) is 6.69. The third kappa shape index (κ3) is 4.44. The van der Waals surface area contributed by atoms with E-state index < -0.39 is 35.8 Å². The SMILES string of the molecule is COc1cc(SC)ccc1C(=O)NC1CCN2C(=O)N(c3cccc(C(F)(F)F)c3)C(=O)C2C1. The summed E-state index contributed by atoms with van der Waals surface area (Å²) in [5.41, 5.74) is -0.720. The minimum Gasteiger partial charge on any atom is -0.496 e. The van der Waals surface area contributed by atoms with Gasteiger partial charge >= 0.3 is 12.2 Å². The molecule has 2 unspecified atom stereocenters. The summed E-state index contributed by atoms with van der Waals surface area (Å²) >= 11 is 1.51. The fourth-order valence-electron chi connectivity index (χ4n) is 4.24. The van der Waals surface area contributed by atoms with E-state index in [1.54, 1.807) is 18.2 Å². The van der Waals surface area contributed by atoms with Gasteiger partial charge in [-0.15, -0.1) is 11.8 Å². The number of anilines is 1. The lowest BCUT2D eigenvalue weighted by Crippen LogP contribution is -2.49. The Kier molecular flexibility index (Phi) is 6.48. The highest BCUT2D eigenvalue weighted by Gasteiger charge is 2.49. The fourth-order valence-corrected chi connectivity index (χ4v) is 4.67. The second-order valence-electron chi connectivity index (χ2n) is 7.97. The summed E-state index contributed by atoms with van der Waals surface area (Å²) in [6, 6.07) is 7.44. The van der Waals surface area contributed by atoms with Crippen molar-refractivity contribution in [3.8, 4) is 5.75 Å². The zero-order valence-corrected chi connectivity index (χ0v) is 19.2. The largest absolute Gasteiger partial charge is 0.496 e. The highest BCUT2D eigenvalue weighted by molar-refractivity contribution is 7.98. The number of rotatable bonds is 5. The zero-order chi connectivity index (χ0) is 24.6. The van der Waals surface area contributed by atoms with Crippen molar-refractivity contribution >= 4 is 35.3 Å². The normalized spacial score (nSPS) is 20.4. The molecule has 0 saturated carbocycles. The third-order valence-electron chi connectivity index (χ3n) is 5.97. The van der Waals surface area contributed by atoms with Crippen molar-refractivity contribution in [2.75, 3.05) is 24.8 Å². The predicted molar refractivity (Wildman–Crippen MR) is 120 cm³/mol. The molecule has 7 nitrogen and oxygen atoms in total. The predicted octanol–water partition coefficient (Wildman–Crippen LogP) is 4.17. The Balaban J connectivity index is 1.50. The maximum absolute atomic E-state index is 13.1. The molecule has 1 N–H and O–H groups in total. The fraction of sp³-hybridized carbons (Fsp3) is 0.348. The minimum absolute atomic E-state index is 0.126. The minimum atomic E-state index is -4.60. The van der Waals surface area contributed by atoms with Gasteiger partial charge in [-0.3, -0.25) is 9.59 Å². The van der Waals surface area contributed by atoms with Crippen LogP contribution >= 0.6 is 11.8 Å². The Morgan fingerprint density at radius 3 is 2.62 bits per heavy atom. The van der Waals surface area contributed by atoms with Gasteiger partial charge < -0.3 is 15.0 Å². The molecule has 2 aromatic rings. The zero-order valence-electron chi connectivity index (χ0n) is 18.4. The lowest BCUT2D eigenvalue weighted by molar-refractivity contribution is -0.137. The molecule has 4 amide bonds. The molecule has 0 spiro atoms. The van der Waals surface area contributed by atoms with Gasteiger partial charge in [-0.05, 0) is 55.5 Å². The monoisotopic (exact) mass is 493 g/mol. The van der Waals surface area contributed by atoms with Crippen LogP contribution in [0.1, 0.15) is 28.8 Å². The summed E-state index contributed by atoms with van der Waals surface area (Å²) in [7, 11) is 1.47. The van der Waals surface area contributed by atoms with E-state index in [9.17, 15) is 27.6 Å². The highest BCUT2D eigenvalue weighted by atomic mass is 32.2. The van der Waals surface area contributed by atoms with E-state index >= 15 is 0 Å². The molecule has 2 atom stereocenters. The molecular formula is C23H22F3N3O4S. The summed E-state index contributed by atoms with van der Waals surface area (Å²) in [5.74, 6) is -0.552. The van der Waals surface area contributed by atoms with Crippen molar-refractivity contribution in [1.82, 2.24) is 10.2 Å². The number of halogens is 3. The van der Waals surface area contributed by atoms with Crippen LogP contribution in [0.25, 0.3) is 0 Å². The first-order chi connectivity index (χ1) is 16.1. The van der Waals surface area contributed by atoms with Gasteiger partial charge in [0.2, 0.25) is 0 Å². The number of carbonyl (C=O) groups is 3. The van der Waals surface area contributed by atoms with Crippen LogP contribution in [0.15, 0.2) is 47.4 Å². The van der Waals surface area contributed by atoms with Crippen LogP contribution in [0.3, 0.4) is 0 Å². The average Bonchev–Trinajstić information content (AvgIpc) is 3.07. The van der Waals surface area contributed by atoms with E-state index in [-0.39, 0.29) is 24.6 Å². The molecule has 0 aromatic heterocycles. The number of hydrogen-bond acceptors (Lipinski definition) is 5. The Morgan fingerprint density at radius 1 is 1.18 bits per heavy atom. The van der Waals surface area contributed by atoms with Gasteiger partial charge in [0.1, 0.15) is 11.8 Å². The van der Waals surface area contributed by atoms with Gasteiger partial charge in [-0.2, -0.15) is 13.2 Å². The number of hydrogen-bond donors (Lipinski definition) is 1. The number of fused-ring (bicyclic) bond motifs is 1. The van der Waals surface area contributed by atoms with Gasteiger partial charge in [0.15, 0.2) is 0 Å². The van der Waals surface area contributed by atoms with Crippen molar-refractivity contribution in [1.29, 1.82) is 0 Å². The molecule has 0 aliphatic carbocycles. The summed E-state index contributed by atoms with van der Waals surface area (Å²) in [6.07, 6.45) is -2.12. The Morgan fingerprint density at radius 2 is 1.94 bits per heavy atom. The summed E-state index contributed by atoms with van der Waals surface area (Å²) in [4.78, 5) is 41.8. The van der Waals surface area contributed by atoms with Gasteiger partial charge in [0.25, 0.3) is 11.8 Å². The first-order valence-electron chi connectivity index (χ1n) is 10.5. The van der Waals surface area contributed by atoms with Gasteiger partial charge in [0.05, 0.1) is 23.9 Å². The van der Waals surface area contributed by atoms with Crippen LogP contribution < -0.4 is 15.0 Å². The van der Waals surface area contributed by atoms with Crippen molar-refractivity contribution < 1.29 is 32.3 Å². The molecule has 11 heteroatoms. The lowest BCUT2D eigenvalue weighted by atomic mass is 9.97. The van der Waals surface area contributed by atoms with Crippen molar-refractivity contribution in [3.05, 3.63) is 53.6 Å². The Labute approximate surface area is 198 Å². The van der Waals surface area contributed by atoms with Crippen LogP contribution in [0.5, 0.6) is 5.75 Å². The number of benzene rings is 2. The Bertz CT molecular complexity index is 1140. The first-order valence-corrected chi connectivity index (χ1v) is 11.7. The molecule has 4 rings (SSSR count). The van der Waals surface area contributed by atoms with E-state index in [0.29, 0.717) is 17.7 Å². The van der Waals surface area contributed by atoms with Crippen molar-refractivity contribution in [2.24, 2.45) is 0 Å². The summed E-state index contributed by atoms with van der Waals surface area (Å²) in [6.45, 7) is 0.193. The van der Waals surface area contributed by atoms with Gasteiger partial charge in [-0.1, -0.05) is 6.07 Å². The maximum atomic E-state index is 13.1. The second kappa shape index (κ2) is 9.21. The number of piperidine rings is 1.